The molecule has 0 atom stereocenters. The minimum Gasteiger partial charge on any atom is -0.351 e. The molecule has 1 amide bonds. The lowest BCUT2D eigenvalue weighted by Gasteiger charge is -2.46. The first-order valence-corrected chi connectivity index (χ1v) is 9.45. The SMILES string of the molecule is Cn1cc(C(=O)NCC23CCC(CC2)CC3)c2c(Cl)cc(Cl)cc21. The van der Waals surface area contributed by atoms with E-state index >= 15 is 0 Å². The van der Waals surface area contributed by atoms with Crippen LogP contribution in [0.25, 0.3) is 10.9 Å². The first-order valence-electron chi connectivity index (χ1n) is 8.70. The number of nitrogens with one attached hydrogen (secondary N) is 1. The Hall–Kier alpha value is -1.19. The number of aryl methyl sites for hydroxylation is 1. The summed E-state index contributed by atoms with van der Waals surface area (Å²) in [5.74, 6) is 0.899. The molecule has 1 N–H and O–H groups in total. The Morgan fingerprint density at radius 2 is 1.92 bits per heavy atom. The zero-order valence-electron chi connectivity index (χ0n) is 13.9. The fraction of sp³-hybridized carbons (Fsp3) is 0.526. The zero-order valence-corrected chi connectivity index (χ0v) is 15.4. The van der Waals surface area contributed by atoms with Gasteiger partial charge in [0.05, 0.1) is 16.1 Å². The number of aromatic nitrogens is 1. The summed E-state index contributed by atoms with van der Waals surface area (Å²) >= 11 is 12.4. The third-order valence-corrected chi connectivity index (χ3v) is 6.64. The van der Waals surface area contributed by atoms with Crippen LogP contribution >= 0.6 is 23.2 Å². The molecule has 0 unspecified atom stereocenters. The van der Waals surface area contributed by atoms with Crippen molar-refractivity contribution in [3.8, 4) is 0 Å². The Labute approximate surface area is 152 Å². The van der Waals surface area contributed by atoms with Crippen molar-refractivity contribution >= 4 is 40.0 Å². The Morgan fingerprint density at radius 3 is 2.58 bits per heavy atom. The lowest BCUT2D eigenvalue weighted by Crippen LogP contribution is -2.43. The molecule has 24 heavy (non-hydrogen) atoms. The normalized spacial score (nSPS) is 26.0. The molecule has 0 saturated heterocycles. The maximum atomic E-state index is 12.8. The summed E-state index contributed by atoms with van der Waals surface area (Å²) in [5, 5.41) is 5.08. The van der Waals surface area contributed by atoms with Crippen LogP contribution in [0.5, 0.6) is 0 Å². The standard InChI is InChI=1S/C19H22Cl2N2O/c1-23-10-14(17-15(21)8-13(20)9-16(17)23)18(24)22-11-19-5-2-12(3-6-19)4-7-19/h8-10,12H,2-7,11H2,1H3,(H,22,24). The van der Waals surface area contributed by atoms with Gasteiger partial charge in [-0.2, -0.15) is 0 Å². The van der Waals surface area contributed by atoms with Crippen molar-refractivity contribution in [1.82, 2.24) is 9.88 Å². The molecule has 128 valence electrons. The van der Waals surface area contributed by atoms with Crippen LogP contribution in [-0.4, -0.2) is 17.0 Å². The lowest BCUT2D eigenvalue weighted by atomic mass is 9.61. The van der Waals surface area contributed by atoms with Gasteiger partial charge in [0.2, 0.25) is 0 Å². The Morgan fingerprint density at radius 1 is 1.25 bits per heavy atom. The molecule has 2 aromatic rings. The molecule has 3 nitrogen and oxygen atoms in total. The van der Waals surface area contributed by atoms with Gasteiger partial charge in [-0.3, -0.25) is 4.79 Å². The second-order valence-electron chi connectivity index (χ2n) is 7.60. The summed E-state index contributed by atoms with van der Waals surface area (Å²) in [5.41, 5.74) is 1.84. The monoisotopic (exact) mass is 364 g/mol. The summed E-state index contributed by atoms with van der Waals surface area (Å²) in [6.45, 7) is 0.778. The molecular formula is C19H22Cl2N2O. The highest BCUT2D eigenvalue weighted by atomic mass is 35.5. The van der Waals surface area contributed by atoms with Gasteiger partial charge in [-0.1, -0.05) is 23.2 Å². The van der Waals surface area contributed by atoms with Gasteiger partial charge in [0.15, 0.2) is 0 Å². The number of rotatable bonds is 3. The van der Waals surface area contributed by atoms with Crippen LogP contribution in [0.3, 0.4) is 0 Å². The first-order chi connectivity index (χ1) is 11.5. The van der Waals surface area contributed by atoms with Crippen LogP contribution < -0.4 is 5.32 Å². The first kappa shape index (κ1) is 16.3. The van der Waals surface area contributed by atoms with E-state index in [9.17, 15) is 4.79 Å². The molecule has 0 spiro atoms. The molecule has 3 saturated carbocycles. The second kappa shape index (κ2) is 5.96. The van der Waals surface area contributed by atoms with Crippen LogP contribution in [0.2, 0.25) is 10.0 Å². The van der Waals surface area contributed by atoms with Crippen molar-refractivity contribution in [3.63, 3.8) is 0 Å². The number of hydrogen-bond donors (Lipinski definition) is 1. The van der Waals surface area contributed by atoms with E-state index in [1.807, 2.05) is 23.9 Å². The van der Waals surface area contributed by atoms with Crippen molar-refractivity contribution in [2.75, 3.05) is 6.54 Å². The summed E-state index contributed by atoms with van der Waals surface area (Å²) in [6, 6.07) is 3.55. The molecular weight excluding hydrogens is 343 g/mol. The Bertz CT molecular complexity index is 790. The summed E-state index contributed by atoms with van der Waals surface area (Å²) in [7, 11) is 1.91. The molecule has 1 heterocycles. The van der Waals surface area contributed by atoms with Crippen molar-refractivity contribution < 1.29 is 4.79 Å². The Balaban J connectivity index is 1.58. The van der Waals surface area contributed by atoms with E-state index in [1.165, 1.54) is 38.5 Å². The third kappa shape index (κ3) is 2.72. The minimum atomic E-state index is -0.0353. The quantitative estimate of drug-likeness (QED) is 0.799. The number of benzene rings is 1. The molecule has 3 aliphatic carbocycles. The zero-order chi connectivity index (χ0) is 16.9. The minimum absolute atomic E-state index is 0.0353. The highest BCUT2D eigenvalue weighted by Gasteiger charge is 2.40. The molecule has 2 bridgehead atoms. The topological polar surface area (TPSA) is 34.0 Å². The van der Waals surface area contributed by atoms with Gasteiger partial charge >= 0.3 is 0 Å². The fourth-order valence-electron chi connectivity index (χ4n) is 4.57. The van der Waals surface area contributed by atoms with Crippen LogP contribution in [-0.2, 0) is 7.05 Å². The highest BCUT2D eigenvalue weighted by Crippen LogP contribution is 2.49. The predicted molar refractivity (Wildman–Crippen MR) is 98.9 cm³/mol. The van der Waals surface area contributed by atoms with Crippen molar-refractivity contribution in [2.24, 2.45) is 18.4 Å². The molecule has 5 rings (SSSR count). The number of hydrogen-bond acceptors (Lipinski definition) is 1. The van der Waals surface area contributed by atoms with E-state index in [1.54, 1.807) is 6.07 Å². The third-order valence-electron chi connectivity index (χ3n) is 6.12. The molecule has 1 aromatic heterocycles. The number of fused-ring (bicyclic) bond motifs is 4. The van der Waals surface area contributed by atoms with Gasteiger partial charge in [0, 0.05) is 30.2 Å². The van der Waals surface area contributed by atoms with Gasteiger partial charge in [-0.05, 0) is 62.0 Å². The Kier molecular flexibility index (Phi) is 4.04. The van der Waals surface area contributed by atoms with Crippen molar-refractivity contribution in [2.45, 2.75) is 38.5 Å². The van der Waals surface area contributed by atoms with Crippen LogP contribution in [0.15, 0.2) is 18.3 Å². The van der Waals surface area contributed by atoms with E-state index in [0.717, 1.165) is 23.4 Å². The number of carbonyl (C=O) groups is 1. The highest BCUT2D eigenvalue weighted by molar-refractivity contribution is 6.39. The molecule has 3 fully saturated rings. The lowest BCUT2D eigenvalue weighted by molar-refractivity contribution is 0.0598. The largest absolute Gasteiger partial charge is 0.351 e. The molecule has 1 aromatic carbocycles. The predicted octanol–water partition coefficient (Wildman–Crippen LogP) is 5.19. The summed E-state index contributed by atoms with van der Waals surface area (Å²) < 4.78 is 1.91. The maximum absolute atomic E-state index is 12.8. The number of carbonyl (C=O) groups excluding carboxylic acids is 1. The fourth-order valence-corrected chi connectivity index (χ4v) is 5.16. The maximum Gasteiger partial charge on any atom is 0.253 e. The van der Waals surface area contributed by atoms with Gasteiger partial charge in [0.1, 0.15) is 0 Å². The summed E-state index contributed by atoms with van der Waals surface area (Å²) in [4.78, 5) is 12.8. The van der Waals surface area contributed by atoms with Crippen LogP contribution in [0.1, 0.15) is 48.9 Å². The van der Waals surface area contributed by atoms with Gasteiger partial charge in [-0.25, -0.2) is 0 Å². The summed E-state index contributed by atoms with van der Waals surface area (Å²) in [6.07, 6.45) is 9.59. The van der Waals surface area contributed by atoms with Crippen LogP contribution in [0, 0.1) is 11.3 Å². The molecule has 0 aliphatic heterocycles. The van der Waals surface area contributed by atoms with Crippen LogP contribution in [0.4, 0.5) is 0 Å². The number of nitrogens with zero attached hydrogens (tertiary/aromatic N) is 1. The van der Waals surface area contributed by atoms with Gasteiger partial charge in [-0.15, -0.1) is 0 Å². The van der Waals surface area contributed by atoms with Crippen molar-refractivity contribution in [1.29, 1.82) is 0 Å². The molecule has 5 heteroatoms. The van der Waals surface area contributed by atoms with E-state index in [-0.39, 0.29) is 5.91 Å². The number of amides is 1. The molecule has 3 aliphatic rings. The average molecular weight is 365 g/mol. The molecule has 0 radical (unpaired) electrons. The second-order valence-corrected chi connectivity index (χ2v) is 8.44. The average Bonchev–Trinajstić information content (AvgIpc) is 2.92. The van der Waals surface area contributed by atoms with Crippen molar-refractivity contribution in [3.05, 3.63) is 33.9 Å². The van der Waals surface area contributed by atoms with E-state index in [2.05, 4.69) is 5.32 Å². The smallest absolute Gasteiger partial charge is 0.253 e. The van der Waals surface area contributed by atoms with Gasteiger partial charge < -0.3 is 9.88 Å². The van der Waals surface area contributed by atoms with Gasteiger partial charge in [0.25, 0.3) is 5.91 Å². The van der Waals surface area contributed by atoms with E-state index in [4.69, 9.17) is 23.2 Å². The van der Waals surface area contributed by atoms with E-state index < -0.39 is 0 Å². The number of halogens is 2. The van der Waals surface area contributed by atoms with E-state index in [0.29, 0.717) is 21.0 Å².